The number of rotatable bonds is 5. The molecule has 1 atom stereocenters. The monoisotopic (exact) mass is 351 g/mol. The fraction of sp³-hybridized carbons (Fsp3) is 0.565. The number of nitrogens with zero attached hydrogens (tertiary/aromatic N) is 1. The van der Waals surface area contributed by atoms with Crippen molar-refractivity contribution in [3.8, 4) is 6.07 Å². The van der Waals surface area contributed by atoms with E-state index in [4.69, 9.17) is 5.26 Å². The van der Waals surface area contributed by atoms with Crippen molar-refractivity contribution in [1.82, 2.24) is 0 Å². The lowest BCUT2D eigenvalue weighted by Crippen LogP contribution is -2.30. The number of hydrogen-bond acceptors (Lipinski definition) is 2. The topological polar surface area (TPSA) is 61.1 Å². The zero-order valence-corrected chi connectivity index (χ0v) is 15.4. The highest BCUT2D eigenvalue weighted by atomic mass is 16.4. The zero-order valence-electron chi connectivity index (χ0n) is 15.4. The minimum atomic E-state index is -0.716. The number of nitriles is 1. The van der Waals surface area contributed by atoms with Crippen LogP contribution >= 0.6 is 0 Å². The first kappa shape index (κ1) is 18.7. The van der Waals surface area contributed by atoms with Gasteiger partial charge >= 0.3 is 5.97 Å². The van der Waals surface area contributed by atoms with Gasteiger partial charge in [-0.2, -0.15) is 5.26 Å². The van der Waals surface area contributed by atoms with Crippen molar-refractivity contribution in [2.24, 2.45) is 23.7 Å². The molecule has 3 heteroatoms. The van der Waals surface area contributed by atoms with Crippen LogP contribution in [0.3, 0.4) is 0 Å². The molecule has 0 amide bonds. The van der Waals surface area contributed by atoms with Crippen LogP contribution in [0.4, 0.5) is 0 Å². The quantitative estimate of drug-likeness (QED) is 0.710. The normalized spacial score (nSPS) is 30.1. The SMILES string of the molecule is C=CC(C(=O)O)C1CCC([C@H]2CC[C@H](c3ccc(C#N)cc3)CC2)CC1. The van der Waals surface area contributed by atoms with E-state index in [0.29, 0.717) is 5.92 Å². The molecule has 2 saturated carbocycles. The van der Waals surface area contributed by atoms with Crippen molar-refractivity contribution >= 4 is 5.97 Å². The van der Waals surface area contributed by atoms with Gasteiger partial charge in [0.15, 0.2) is 0 Å². The molecule has 2 fully saturated rings. The molecule has 0 radical (unpaired) electrons. The maximum absolute atomic E-state index is 11.3. The van der Waals surface area contributed by atoms with Gasteiger partial charge in [-0.25, -0.2) is 0 Å². The van der Waals surface area contributed by atoms with Crippen molar-refractivity contribution in [2.75, 3.05) is 0 Å². The summed E-state index contributed by atoms with van der Waals surface area (Å²) in [6.07, 6.45) is 11.1. The van der Waals surface area contributed by atoms with E-state index in [1.165, 1.54) is 44.1 Å². The molecule has 1 N–H and O–H groups in total. The molecular weight excluding hydrogens is 322 g/mol. The molecule has 0 aromatic heterocycles. The summed E-state index contributed by atoms with van der Waals surface area (Å²) in [5.41, 5.74) is 2.11. The summed E-state index contributed by atoms with van der Waals surface area (Å²) in [5, 5.41) is 18.3. The Balaban J connectivity index is 1.49. The van der Waals surface area contributed by atoms with Gasteiger partial charge in [-0.3, -0.25) is 4.79 Å². The Kier molecular flexibility index (Phi) is 6.14. The molecule has 26 heavy (non-hydrogen) atoms. The van der Waals surface area contributed by atoms with E-state index in [1.807, 2.05) is 12.1 Å². The van der Waals surface area contributed by atoms with Gasteiger partial charge in [-0.1, -0.05) is 18.2 Å². The van der Waals surface area contributed by atoms with Crippen LogP contribution in [0.1, 0.15) is 68.4 Å². The molecule has 3 nitrogen and oxygen atoms in total. The summed E-state index contributed by atoms with van der Waals surface area (Å²) in [5.74, 6) is 1.39. The first-order valence-corrected chi connectivity index (χ1v) is 9.97. The van der Waals surface area contributed by atoms with Gasteiger partial charge in [0.1, 0.15) is 0 Å². The average molecular weight is 351 g/mol. The van der Waals surface area contributed by atoms with E-state index in [2.05, 4.69) is 24.8 Å². The van der Waals surface area contributed by atoms with E-state index < -0.39 is 5.97 Å². The first-order valence-electron chi connectivity index (χ1n) is 9.97. The largest absolute Gasteiger partial charge is 0.481 e. The Labute approximate surface area is 156 Å². The van der Waals surface area contributed by atoms with E-state index in [0.717, 1.165) is 30.2 Å². The molecule has 2 aliphatic carbocycles. The Morgan fingerprint density at radius 3 is 2.04 bits per heavy atom. The predicted molar refractivity (Wildman–Crippen MR) is 103 cm³/mol. The fourth-order valence-corrected chi connectivity index (χ4v) is 5.22. The number of carbonyl (C=O) groups is 1. The second-order valence-corrected chi connectivity index (χ2v) is 8.12. The van der Waals surface area contributed by atoms with Crippen LogP contribution in [-0.2, 0) is 4.79 Å². The van der Waals surface area contributed by atoms with Gasteiger partial charge in [-0.05, 0) is 92.7 Å². The smallest absolute Gasteiger partial charge is 0.310 e. The Bertz CT molecular complexity index is 656. The van der Waals surface area contributed by atoms with E-state index in [-0.39, 0.29) is 11.8 Å². The van der Waals surface area contributed by atoms with Crippen LogP contribution in [0.2, 0.25) is 0 Å². The first-order chi connectivity index (χ1) is 12.6. The van der Waals surface area contributed by atoms with Gasteiger partial charge in [0.05, 0.1) is 17.6 Å². The number of hydrogen-bond donors (Lipinski definition) is 1. The molecule has 1 aromatic rings. The Hall–Kier alpha value is -2.08. The highest BCUT2D eigenvalue weighted by molar-refractivity contribution is 5.72. The van der Waals surface area contributed by atoms with Crippen molar-refractivity contribution in [3.63, 3.8) is 0 Å². The number of carboxylic acids is 1. The third-order valence-corrected chi connectivity index (χ3v) is 6.81. The molecule has 138 valence electrons. The van der Waals surface area contributed by atoms with Crippen molar-refractivity contribution in [1.29, 1.82) is 5.26 Å². The number of aliphatic carboxylic acids is 1. The predicted octanol–water partition coefficient (Wildman–Crippen LogP) is 5.53. The maximum atomic E-state index is 11.3. The molecule has 0 saturated heterocycles. The number of carboxylic acid groups (broad SMARTS) is 1. The standard InChI is InChI=1S/C23H29NO2/c1-2-22(23(25)26)21-13-11-20(12-14-21)19-9-7-18(8-10-19)17-5-3-16(15-24)4-6-17/h2-6,18-22H,1,7-14H2,(H,25,26)/t18-,19-,20?,21?,22?. The summed E-state index contributed by atoms with van der Waals surface area (Å²) in [4.78, 5) is 11.3. The Morgan fingerprint density at radius 1 is 1.04 bits per heavy atom. The van der Waals surface area contributed by atoms with Crippen LogP contribution in [0, 0.1) is 35.0 Å². The molecular formula is C23H29NO2. The lowest BCUT2D eigenvalue weighted by molar-refractivity contribution is -0.142. The van der Waals surface area contributed by atoms with Gasteiger partial charge in [0.2, 0.25) is 0 Å². The Morgan fingerprint density at radius 2 is 1.58 bits per heavy atom. The number of benzene rings is 1. The van der Waals surface area contributed by atoms with Gasteiger partial charge in [0.25, 0.3) is 0 Å². The average Bonchev–Trinajstić information content (AvgIpc) is 2.69. The van der Waals surface area contributed by atoms with Crippen LogP contribution in [0.25, 0.3) is 0 Å². The molecule has 3 rings (SSSR count). The summed E-state index contributed by atoms with van der Waals surface area (Å²) < 4.78 is 0. The van der Waals surface area contributed by atoms with Crippen molar-refractivity contribution in [3.05, 3.63) is 48.0 Å². The van der Waals surface area contributed by atoms with Gasteiger partial charge in [0, 0.05) is 0 Å². The molecule has 0 bridgehead atoms. The van der Waals surface area contributed by atoms with Crippen LogP contribution < -0.4 is 0 Å². The molecule has 0 heterocycles. The van der Waals surface area contributed by atoms with E-state index in [1.54, 1.807) is 6.08 Å². The third kappa shape index (κ3) is 4.18. The molecule has 2 aliphatic rings. The molecule has 0 aliphatic heterocycles. The van der Waals surface area contributed by atoms with Crippen LogP contribution in [0.15, 0.2) is 36.9 Å². The maximum Gasteiger partial charge on any atom is 0.310 e. The minimum absolute atomic E-state index is 0.274. The van der Waals surface area contributed by atoms with Crippen molar-refractivity contribution < 1.29 is 9.90 Å². The van der Waals surface area contributed by atoms with Gasteiger partial charge < -0.3 is 5.11 Å². The van der Waals surface area contributed by atoms with Crippen LogP contribution in [0.5, 0.6) is 0 Å². The minimum Gasteiger partial charge on any atom is -0.481 e. The van der Waals surface area contributed by atoms with Gasteiger partial charge in [-0.15, -0.1) is 6.58 Å². The summed E-state index contributed by atoms with van der Waals surface area (Å²) in [7, 11) is 0. The second-order valence-electron chi connectivity index (χ2n) is 8.12. The summed E-state index contributed by atoms with van der Waals surface area (Å²) >= 11 is 0. The zero-order chi connectivity index (χ0) is 18.5. The van der Waals surface area contributed by atoms with E-state index >= 15 is 0 Å². The highest BCUT2D eigenvalue weighted by Gasteiger charge is 2.34. The molecule has 1 aromatic carbocycles. The third-order valence-electron chi connectivity index (χ3n) is 6.81. The van der Waals surface area contributed by atoms with Crippen LogP contribution in [-0.4, -0.2) is 11.1 Å². The lowest BCUT2D eigenvalue weighted by Gasteiger charge is -2.38. The van der Waals surface area contributed by atoms with E-state index in [9.17, 15) is 9.90 Å². The summed E-state index contributed by atoms with van der Waals surface area (Å²) in [6, 6.07) is 10.3. The summed E-state index contributed by atoms with van der Waals surface area (Å²) in [6.45, 7) is 3.72. The highest BCUT2D eigenvalue weighted by Crippen LogP contribution is 2.45. The van der Waals surface area contributed by atoms with Crippen molar-refractivity contribution in [2.45, 2.75) is 57.3 Å². The second kappa shape index (κ2) is 8.54. The molecule has 0 spiro atoms. The lowest BCUT2D eigenvalue weighted by atomic mass is 9.67. The molecule has 1 unspecified atom stereocenters. The fourth-order valence-electron chi connectivity index (χ4n) is 5.22.